The molecule has 0 atom stereocenters. The summed E-state index contributed by atoms with van der Waals surface area (Å²) in [7, 11) is 0. The number of carbonyl (C=O) groups excluding carboxylic acids is 1. The molecule has 1 saturated heterocycles. The highest BCUT2D eigenvalue weighted by molar-refractivity contribution is 5.80. The Hall–Kier alpha value is -3.82. The van der Waals surface area contributed by atoms with Gasteiger partial charge < -0.3 is 20.1 Å². The first-order valence-electron chi connectivity index (χ1n) is 13.3. The van der Waals surface area contributed by atoms with Crippen LogP contribution in [0.5, 0.6) is 0 Å². The van der Waals surface area contributed by atoms with Gasteiger partial charge >= 0.3 is 0 Å². The first-order valence-corrected chi connectivity index (χ1v) is 13.3. The highest BCUT2D eigenvalue weighted by Gasteiger charge is 2.30. The molecule has 1 aliphatic carbocycles. The minimum Gasteiger partial charge on any atom is -0.384 e. The number of aldehydes is 1. The van der Waals surface area contributed by atoms with Crippen molar-refractivity contribution >= 4 is 34.6 Å². The van der Waals surface area contributed by atoms with E-state index in [1.807, 2.05) is 36.5 Å². The van der Waals surface area contributed by atoms with Gasteiger partial charge in [-0.1, -0.05) is 6.07 Å². The lowest BCUT2D eigenvalue weighted by Gasteiger charge is -2.35. The molecule has 1 aliphatic heterocycles. The highest BCUT2D eigenvalue weighted by Crippen LogP contribution is 2.43. The van der Waals surface area contributed by atoms with Crippen LogP contribution in [0, 0.1) is 0 Å². The molecule has 4 heterocycles. The van der Waals surface area contributed by atoms with Gasteiger partial charge in [0.05, 0.1) is 12.2 Å². The van der Waals surface area contributed by atoms with Crippen LogP contribution in [0.2, 0.25) is 0 Å². The maximum atomic E-state index is 10.8. The van der Waals surface area contributed by atoms with Crippen LogP contribution >= 0.6 is 0 Å². The van der Waals surface area contributed by atoms with E-state index in [2.05, 4.69) is 42.9 Å². The third-order valence-electron chi connectivity index (χ3n) is 7.35. The van der Waals surface area contributed by atoms with Crippen LogP contribution in [0.3, 0.4) is 0 Å². The molecule has 0 amide bonds. The van der Waals surface area contributed by atoms with Gasteiger partial charge in [-0.25, -0.2) is 9.97 Å². The predicted molar refractivity (Wildman–Crippen MR) is 148 cm³/mol. The summed E-state index contributed by atoms with van der Waals surface area (Å²) in [6, 6.07) is 16.2. The van der Waals surface area contributed by atoms with Crippen molar-refractivity contribution in [3.05, 3.63) is 66.1 Å². The number of aliphatic hydroxyl groups is 1. The van der Waals surface area contributed by atoms with Crippen molar-refractivity contribution in [3.8, 4) is 5.82 Å². The third-order valence-corrected chi connectivity index (χ3v) is 7.35. The van der Waals surface area contributed by atoms with Crippen LogP contribution in [-0.4, -0.2) is 68.5 Å². The van der Waals surface area contributed by atoms with Gasteiger partial charge in [0.1, 0.15) is 17.7 Å². The zero-order valence-electron chi connectivity index (χ0n) is 21.8. The minimum absolute atomic E-state index is 0.487. The van der Waals surface area contributed by atoms with Crippen molar-refractivity contribution < 1.29 is 9.90 Å². The van der Waals surface area contributed by atoms with E-state index in [0.29, 0.717) is 24.1 Å². The molecule has 0 unspecified atom stereocenters. The van der Waals surface area contributed by atoms with Gasteiger partial charge in [0.25, 0.3) is 0 Å². The standard InChI is InChI=1S/C29H33N7O2/c1-29(2,38)25-4-3-5-26(32-25)36-24(20-6-7-20)18-21-19-30-28(33-27(21)36)31-22-8-10-23(11-9-22)35-14-12-34(13-15-35)16-17-37/h3-5,8-11,17-20,38H,6-7,12-16H2,1-2H3,(H,30,31,33). The Balaban J connectivity index is 1.26. The summed E-state index contributed by atoms with van der Waals surface area (Å²) in [6.45, 7) is 7.60. The van der Waals surface area contributed by atoms with Gasteiger partial charge in [-0.15, -0.1) is 0 Å². The van der Waals surface area contributed by atoms with E-state index >= 15 is 0 Å². The Kier molecular flexibility index (Phi) is 6.33. The molecule has 2 fully saturated rings. The molecular weight excluding hydrogens is 478 g/mol. The summed E-state index contributed by atoms with van der Waals surface area (Å²) in [5.41, 5.74) is 3.65. The molecule has 4 aromatic rings. The number of piperazine rings is 1. The van der Waals surface area contributed by atoms with Crippen LogP contribution in [-0.2, 0) is 10.4 Å². The maximum Gasteiger partial charge on any atom is 0.229 e. The number of nitrogens with zero attached hydrogens (tertiary/aromatic N) is 6. The molecule has 9 heteroatoms. The van der Waals surface area contributed by atoms with Crippen molar-refractivity contribution in [2.24, 2.45) is 0 Å². The van der Waals surface area contributed by atoms with Gasteiger partial charge in [-0.3, -0.25) is 9.47 Å². The minimum atomic E-state index is -1.03. The van der Waals surface area contributed by atoms with E-state index in [0.717, 1.165) is 67.8 Å². The van der Waals surface area contributed by atoms with E-state index < -0.39 is 5.60 Å². The van der Waals surface area contributed by atoms with Gasteiger partial charge in [-0.05, 0) is 75.1 Å². The molecule has 9 nitrogen and oxygen atoms in total. The number of pyridine rings is 1. The van der Waals surface area contributed by atoms with E-state index in [1.54, 1.807) is 13.8 Å². The maximum absolute atomic E-state index is 10.8. The van der Waals surface area contributed by atoms with Crippen molar-refractivity contribution in [2.75, 3.05) is 42.9 Å². The van der Waals surface area contributed by atoms with Crippen LogP contribution < -0.4 is 10.2 Å². The lowest BCUT2D eigenvalue weighted by atomic mass is 10.1. The van der Waals surface area contributed by atoms with Crippen LogP contribution in [0.4, 0.5) is 17.3 Å². The molecule has 0 spiro atoms. The molecule has 3 aromatic heterocycles. The van der Waals surface area contributed by atoms with E-state index in [1.165, 1.54) is 11.4 Å². The molecule has 0 bridgehead atoms. The van der Waals surface area contributed by atoms with Gasteiger partial charge in [-0.2, -0.15) is 4.98 Å². The second-order valence-electron chi connectivity index (χ2n) is 10.7. The summed E-state index contributed by atoms with van der Waals surface area (Å²) in [5.74, 6) is 1.76. The van der Waals surface area contributed by atoms with Gasteiger partial charge in [0.15, 0.2) is 5.65 Å². The second kappa shape index (κ2) is 9.81. The van der Waals surface area contributed by atoms with Crippen molar-refractivity contribution in [1.82, 2.24) is 24.4 Å². The Morgan fingerprint density at radius 3 is 2.50 bits per heavy atom. The van der Waals surface area contributed by atoms with Crippen molar-refractivity contribution in [1.29, 1.82) is 0 Å². The summed E-state index contributed by atoms with van der Waals surface area (Å²) >= 11 is 0. The molecular formula is C29H33N7O2. The predicted octanol–water partition coefficient (Wildman–Crippen LogP) is 3.98. The number of anilines is 3. The van der Waals surface area contributed by atoms with E-state index in [9.17, 15) is 9.90 Å². The summed E-state index contributed by atoms with van der Waals surface area (Å²) in [6.07, 6.45) is 5.14. The van der Waals surface area contributed by atoms with Crippen LogP contribution in [0.15, 0.2) is 54.7 Å². The largest absolute Gasteiger partial charge is 0.384 e. The van der Waals surface area contributed by atoms with E-state index in [-0.39, 0.29) is 0 Å². The SMILES string of the molecule is CC(C)(O)c1cccc(-n2c(C3CC3)cc3cnc(Nc4ccc(N5CCN(CC=O)CC5)cc4)nc32)n1. The lowest BCUT2D eigenvalue weighted by Crippen LogP contribution is -2.46. The Bertz CT molecular complexity index is 1450. The number of aromatic nitrogens is 4. The molecule has 0 radical (unpaired) electrons. The van der Waals surface area contributed by atoms with Gasteiger partial charge in [0, 0.05) is 54.8 Å². The first-order chi connectivity index (χ1) is 18.4. The topological polar surface area (TPSA) is 99.4 Å². The van der Waals surface area contributed by atoms with Crippen LogP contribution in [0.1, 0.15) is 44.0 Å². The molecule has 2 N–H and O–H groups in total. The Morgan fingerprint density at radius 2 is 1.82 bits per heavy atom. The highest BCUT2D eigenvalue weighted by atomic mass is 16.3. The van der Waals surface area contributed by atoms with Crippen molar-refractivity contribution in [2.45, 2.75) is 38.2 Å². The van der Waals surface area contributed by atoms with Crippen molar-refractivity contribution in [3.63, 3.8) is 0 Å². The molecule has 38 heavy (non-hydrogen) atoms. The zero-order valence-corrected chi connectivity index (χ0v) is 21.8. The Labute approximate surface area is 222 Å². The second-order valence-corrected chi connectivity index (χ2v) is 10.7. The number of rotatable bonds is 8. The number of benzene rings is 1. The lowest BCUT2D eigenvalue weighted by molar-refractivity contribution is -0.108. The molecule has 1 saturated carbocycles. The fourth-order valence-corrected chi connectivity index (χ4v) is 5.06. The molecule has 1 aromatic carbocycles. The number of carbonyl (C=O) groups is 1. The summed E-state index contributed by atoms with van der Waals surface area (Å²) < 4.78 is 2.11. The Morgan fingerprint density at radius 1 is 1.05 bits per heavy atom. The number of fused-ring (bicyclic) bond motifs is 1. The molecule has 2 aliphatic rings. The monoisotopic (exact) mass is 511 g/mol. The third kappa shape index (κ3) is 4.99. The fourth-order valence-electron chi connectivity index (χ4n) is 5.06. The molecule has 6 rings (SSSR count). The summed E-state index contributed by atoms with van der Waals surface area (Å²) in [5, 5.41) is 14.9. The smallest absolute Gasteiger partial charge is 0.229 e. The normalized spacial score (nSPS) is 16.7. The average molecular weight is 512 g/mol. The zero-order chi connectivity index (χ0) is 26.3. The quantitative estimate of drug-likeness (QED) is 0.343. The van der Waals surface area contributed by atoms with Gasteiger partial charge in [0.2, 0.25) is 5.95 Å². The fraction of sp³-hybridized carbons (Fsp3) is 0.379. The number of hydrogen-bond acceptors (Lipinski definition) is 8. The average Bonchev–Trinajstić information content (AvgIpc) is 3.70. The number of hydrogen-bond donors (Lipinski definition) is 2. The van der Waals surface area contributed by atoms with Crippen LogP contribution in [0.25, 0.3) is 16.9 Å². The molecule has 196 valence electrons. The first kappa shape index (κ1) is 24.5. The number of nitrogens with one attached hydrogen (secondary N) is 1. The summed E-state index contributed by atoms with van der Waals surface area (Å²) in [4.78, 5) is 29.6. The van der Waals surface area contributed by atoms with E-state index in [4.69, 9.17) is 9.97 Å².